The van der Waals surface area contributed by atoms with E-state index in [1.165, 1.54) is 0 Å². The molecule has 2 fully saturated rings. The summed E-state index contributed by atoms with van der Waals surface area (Å²) in [5.74, 6) is 0.987. The second-order valence-electron chi connectivity index (χ2n) is 6.95. The summed E-state index contributed by atoms with van der Waals surface area (Å²) in [6, 6.07) is 5.11. The maximum atomic E-state index is 12.8. The van der Waals surface area contributed by atoms with Crippen LogP contribution in [0.15, 0.2) is 18.2 Å². The first-order valence-electron chi connectivity index (χ1n) is 9.15. The Hall–Kier alpha value is -2.32. The van der Waals surface area contributed by atoms with E-state index in [0.717, 1.165) is 0 Å². The molecule has 27 heavy (non-hydrogen) atoms. The molecule has 2 aliphatic rings. The molecule has 8 heteroatoms. The predicted molar refractivity (Wildman–Crippen MR) is 99.0 cm³/mol. The van der Waals surface area contributed by atoms with Crippen LogP contribution in [0.1, 0.15) is 23.2 Å². The van der Waals surface area contributed by atoms with Gasteiger partial charge in [-0.3, -0.25) is 9.59 Å². The van der Waals surface area contributed by atoms with Crippen LogP contribution >= 0.6 is 0 Å². The second kappa shape index (κ2) is 8.14. The number of nitrogens with two attached hydrogens (primary N) is 1. The fourth-order valence-electron chi connectivity index (χ4n) is 3.49. The van der Waals surface area contributed by atoms with Gasteiger partial charge >= 0.3 is 0 Å². The number of benzene rings is 1. The maximum Gasteiger partial charge on any atom is 0.254 e. The minimum absolute atomic E-state index is 0.0408. The first-order valence-corrected chi connectivity index (χ1v) is 9.15. The molecule has 148 valence electrons. The lowest BCUT2D eigenvalue weighted by Crippen LogP contribution is -2.61. The van der Waals surface area contributed by atoms with Gasteiger partial charge in [-0.25, -0.2) is 0 Å². The molecule has 2 amide bonds. The highest BCUT2D eigenvalue weighted by molar-refractivity contribution is 5.95. The molecule has 1 aromatic rings. The van der Waals surface area contributed by atoms with E-state index in [0.29, 0.717) is 69.3 Å². The zero-order valence-electron chi connectivity index (χ0n) is 15.9. The number of carbonyl (C=O) groups excluding carboxylic acids is 2. The zero-order valence-corrected chi connectivity index (χ0v) is 15.9. The predicted octanol–water partition coefficient (Wildman–Crippen LogP) is 0.496. The summed E-state index contributed by atoms with van der Waals surface area (Å²) in [7, 11) is 3.10. The highest BCUT2D eigenvalue weighted by Crippen LogP contribution is 2.25. The van der Waals surface area contributed by atoms with Crippen molar-refractivity contribution in [2.75, 3.05) is 53.6 Å². The third-order valence-electron chi connectivity index (χ3n) is 5.26. The van der Waals surface area contributed by atoms with Crippen molar-refractivity contribution in [2.45, 2.75) is 18.4 Å². The van der Waals surface area contributed by atoms with Crippen LogP contribution in [-0.2, 0) is 9.53 Å². The lowest BCUT2D eigenvalue weighted by atomic mass is 9.89. The minimum atomic E-state index is -0.843. The van der Waals surface area contributed by atoms with Crippen LogP contribution in [0.5, 0.6) is 11.5 Å². The van der Waals surface area contributed by atoms with Crippen LogP contribution in [-0.4, -0.2) is 80.8 Å². The van der Waals surface area contributed by atoms with Gasteiger partial charge in [0.15, 0.2) is 0 Å². The van der Waals surface area contributed by atoms with Crippen molar-refractivity contribution in [2.24, 2.45) is 5.73 Å². The Morgan fingerprint density at radius 3 is 2.00 bits per heavy atom. The molecule has 0 unspecified atom stereocenters. The lowest BCUT2D eigenvalue weighted by molar-refractivity contribution is -0.142. The number of carbonyl (C=O) groups is 2. The van der Waals surface area contributed by atoms with Crippen LogP contribution in [0.3, 0.4) is 0 Å². The van der Waals surface area contributed by atoms with E-state index in [-0.39, 0.29) is 11.8 Å². The number of methoxy groups -OCH3 is 2. The molecule has 3 rings (SSSR count). The standard InChI is InChI=1S/C19H27N3O5/c1-25-15-11-14(12-16(13-15)26-2)17(23)21-5-7-22(8-6-21)18(24)19(20)3-9-27-10-4-19/h11-13H,3-10,20H2,1-2H3. The number of rotatable bonds is 4. The molecule has 0 bridgehead atoms. The van der Waals surface area contributed by atoms with Gasteiger partial charge in [0, 0.05) is 51.0 Å². The largest absolute Gasteiger partial charge is 0.497 e. The summed E-state index contributed by atoms with van der Waals surface area (Å²) in [5, 5.41) is 0. The topological polar surface area (TPSA) is 94.3 Å². The Balaban J connectivity index is 1.63. The minimum Gasteiger partial charge on any atom is -0.497 e. The number of nitrogens with zero attached hydrogens (tertiary/aromatic N) is 2. The molecule has 2 aliphatic heterocycles. The highest BCUT2D eigenvalue weighted by Gasteiger charge is 2.40. The van der Waals surface area contributed by atoms with Gasteiger partial charge in [-0.2, -0.15) is 0 Å². The molecule has 0 aromatic heterocycles. The van der Waals surface area contributed by atoms with Gasteiger partial charge in [-0.1, -0.05) is 0 Å². The van der Waals surface area contributed by atoms with Gasteiger partial charge in [-0.15, -0.1) is 0 Å². The van der Waals surface area contributed by atoms with Crippen LogP contribution in [0.25, 0.3) is 0 Å². The number of ether oxygens (including phenoxy) is 3. The average molecular weight is 377 g/mol. The van der Waals surface area contributed by atoms with Crippen molar-refractivity contribution in [1.29, 1.82) is 0 Å². The van der Waals surface area contributed by atoms with Gasteiger partial charge in [0.1, 0.15) is 11.5 Å². The van der Waals surface area contributed by atoms with Gasteiger partial charge in [0.2, 0.25) is 5.91 Å². The number of piperazine rings is 1. The fourth-order valence-corrected chi connectivity index (χ4v) is 3.49. The molecule has 2 N–H and O–H groups in total. The zero-order chi connectivity index (χ0) is 19.4. The molecular formula is C19H27N3O5. The van der Waals surface area contributed by atoms with Crippen molar-refractivity contribution in [3.63, 3.8) is 0 Å². The Morgan fingerprint density at radius 1 is 0.963 bits per heavy atom. The monoisotopic (exact) mass is 377 g/mol. The normalized spacial score (nSPS) is 19.5. The fraction of sp³-hybridized carbons (Fsp3) is 0.579. The van der Waals surface area contributed by atoms with Crippen molar-refractivity contribution in [3.8, 4) is 11.5 Å². The lowest BCUT2D eigenvalue weighted by Gasteiger charge is -2.41. The van der Waals surface area contributed by atoms with E-state index in [1.54, 1.807) is 42.2 Å². The number of hydrogen-bond donors (Lipinski definition) is 1. The highest BCUT2D eigenvalue weighted by atomic mass is 16.5. The molecule has 0 saturated carbocycles. The molecule has 8 nitrogen and oxygen atoms in total. The Morgan fingerprint density at radius 2 is 1.48 bits per heavy atom. The van der Waals surface area contributed by atoms with Gasteiger partial charge in [-0.05, 0) is 25.0 Å². The van der Waals surface area contributed by atoms with E-state index in [4.69, 9.17) is 19.9 Å². The molecule has 0 atom stereocenters. The van der Waals surface area contributed by atoms with Gasteiger partial charge in [0.05, 0.1) is 19.8 Å². The molecule has 2 saturated heterocycles. The molecule has 1 aromatic carbocycles. The quantitative estimate of drug-likeness (QED) is 0.821. The second-order valence-corrected chi connectivity index (χ2v) is 6.95. The Labute approximate surface area is 159 Å². The molecule has 0 spiro atoms. The summed E-state index contributed by atoms with van der Waals surface area (Å²) >= 11 is 0. The third-order valence-corrected chi connectivity index (χ3v) is 5.26. The van der Waals surface area contributed by atoms with Crippen LogP contribution in [0, 0.1) is 0 Å². The van der Waals surface area contributed by atoms with Crippen LogP contribution in [0.4, 0.5) is 0 Å². The van der Waals surface area contributed by atoms with Crippen LogP contribution in [0.2, 0.25) is 0 Å². The first-order chi connectivity index (χ1) is 13.0. The van der Waals surface area contributed by atoms with E-state index in [1.807, 2.05) is 0 Å². The SMILES string of the molecule is COc1cc(OC)cc(C(=O)N2CCN(C(=O)C3(N)CCOCC3)CC2)c1. The van der Waals surface area contributed by atoms with Gasteiger partial charge in [0.25, 0.3) is 5.91 Å². The van der Waals surface area contributed by atoms with E-state index >= 15 is 0 Å². The summed E-state index contributed by atoms with van der Waals surface area (Å²) in [6.45, 7) is 2.92. The van der Waals surface area contributed by atoms with Crippen LogP contribution < -0.4 is 15.2 Å². The summed E-state index contributed by atoms with van der Waals surface area (Å²) in [5.41, 5.74) is 5.97. The maximum absolute atomic E-state index is 12.8. The van der Waals surface area contributed by atoms with Crippen molar-refractivity contribution >= 4 is 11.8 Å². The summed E-state index contributed by atoms with van der Waals surface area (Å²) in [6.07, 6.45) is 1.07. The van der Waals surface area contributed by atoms with Crippen molar-refractivity contribution < 1.29 is 23.8 Å². The smallest absolute Gasteiger partial charge is 0.254 e. The summed E-state index contributed by atoms with van der Waals surface area (Å²) < 4.78 is 15.8. The Kier molecular flexibility index (Phi) is 5.86. The molecular weight excluding hydrogens is 350 g/mol. The molecule has 0 aliphatic carbocycles. The summed E-state index contributed by atoms with van der Waals surface area (Å²) in [4.78, 5) is 29.2. The van der Waals surface area contributed by atoms with Crippen molar-refractivity contribution in [1.82, 2.24) is 9.80 Å². The van der Waals surface area contributed by atoms with E-state index in [9.17, 15) is 9.59 Å². The Bertz CT molecular complexity index is 672. The molecule has 0 radical (unpaired) electrons. The van der Waals surface area contributed by atoms with Gasteiger partial charge < -0.3 is 29.7 Å². The number of hydrogen-bond acceptors (Lipinski definition) is 6. The number of amides is 2. The average Bonchev–Trinajstić information content (AvgIpc) is 2.72. The van der Waals surface area contributed by atoms with E-state index in [2.05, 4.69) is 0 Å². The molecule has 2 heterocycles. The third kappa shape index (κ3) is 4.17. The van der Waals surface area contributed by atoms with Crippen molar-refractivity contribution in [3.05, 3.63) is 23.8 Å². The van der Waals surface area contributed by atoms with E-state index < -0.39 is 5.54 Å². The first kappa shape index (κ1) is 19.4.